The van der Waals surface area contributed by atoms with Crippen LogP contribution in [0.3, 0.4) is 0 Å². The van der Waals surface area contributed by atoms with Crippen molar-refractivity contribution < 1.29 is 46.8 Å². The minimum atomic E-state index is -3.68. The standard InChI is InChI=1S/C26H20F5N7O5/c27-13-7-37-20(35-18(13)10-5-33-22(34-6-10)24(32)8-25(30,31)9-24)17-12-4-14(19(17)36-37)38(26(40,41)42)21(39)11-2-1-3-15(16(11)12)43-23(28)29/h1-3,5-7,12,14,23,40-42H,4,8-9,32H2. The van der Waals surface area contributed by atoms with Crippen molar-refractivity contribution in [2.75, 3.05) is 0 Å². The second kappa shape index (κ2) is 8.85. The smallest absolute Gasteiger partial charge is 0.387 e. The Bertz CT molecular complexity index is 1800. The van der Waals surface area contributed by atoms with E-state index in [0.717, 1.165) is 10.7 Å². The molecule has 5 N–H and O–H groups in total. The van der Waals surface area contributed by atoms with E-state index in [1.807, 2.05) is 0 Å². The summed E-state index contributed by atoms with van der Waals surface area (Å²) in [5.74, 6) is -6.30. The van der Waals surface area contributed by atoms with Crippen molar-refractivity contribution in [1.82, 2.24) is 29.5 Å². The summed E-state index contributed by atoms with van der Waals surface area (Å²) in [5.41, 5.74) is 4.32. The van der Waals surface area contributed by atoms with Gasteiger partial charge in [0.25, 0.3) is 11.8 Å². The van der Waals surface area contributed by atoms with Crippen LogP contribution in [0.2, 0.25) is 0 Å². The molecule has 0 spiro atoms. The Morgan fingerprint density at radius 2 is 1.81 bits per heavy atom. The molecule has 7 rings (SSSR count). The lowest BCUT2D eigenvalue weighted by molar-refractivity contribution is -0.385. The van der Waals surface area contributed by atoms with Crippen molar-refractivity contribution in [3.63, 3.8) is 0 Å². The van der Waals surface area contributed by atoms with E-state index in [9.17, 15) is 37.7 Å². The predicted octanol–water partition coefficient (Wildman–Crippen LogP) is 2.13. The van der Waals surface area contributed by atoms with Gasteiger partial charge >= 0.3 is 12.7 Å². The van der Waals surface area contributed by atoms with Gasteiger partial charge in [0.2, 0.25) is 0 Å². The largest absolute Gasteiger partial charge is 0.434 e. The molecule has 0 radical (unpaired) electrons. The molecule has 1 aliphatic heterocycles. The minimum absolute atomic E-state index is 0.00371. The van der Waals surface area contributed by atoms with Crippen molar-refractivity contribution in [3.05, 3.63) is 70.8 Å². The van der Waals surface area contributed by atoms with Crippen LogP contribution in [0.4, 0.5) is 22.0 Å². The number of benzene rings is 1. The van der Waals surface area contributed by atoms with Gasteiger partial charge in [-0.05, 0) is 18.6 Å². The fourth-order valence-electron chi connectivity index (χ4n) is 6.35. The molecule has 4 aromatic rings. The van der Waals surface area contributed by atoms with Crippen LogP contribution in [0.25, 0.3) is 16.9 Å². The van der Waals surface area contributed by atoms with E-state index in [-0.39, 0.29) is 57.3 Å². The number of alkyl halides is 4. The molecule has 2 unspecified atom stereocenters. The van der Waals surface area contributed by atoms with Crippen LogP contribution in [0.5, 0.6) is 5.75 Å². The molecule has 0 saturated heterocycles. The van der Waals surface area contributed by atoms with Gasteiger partial charge in [-0.2, -0.15) is 13.9 Å². The van der Waals surface area contributed by atoms with Crippen molar-refractivity contribution in [2.45, 2.75) is 55.4 Å². The fraction of sp³-hybridized carbons (Fsp3) is 0.346. The number of halogens is 5. The highest BCUT2D eigenvalue weighted by Crippen LogP contribution is 2.54. The van der Waals surface area contributed by atoms with Crippen LogP contribution in [0.1, 0.15) is 64.2 Å². The first-order chi connectivity index (χ1) is 20.2. The predicted molar refractivity (Wildman–Crippen MR) is 132 cm³/mol. The molecule has 12 nitrogen and oxygen atoms in total. The topological polar surface area (TPSA) is 172 Å². The number of aromatic nitrogens is 5. The lowest BCUT2D eigenvalue weighted by Gasteiger charge is -2.42. The molecule has 1 fully saturated rings. The van der Waals surface area contributed by atoms with Gasteiger partial charge in [-0.1, -0.05) is 6.07 Å². The third kappa shape index (κ3) is 4.14. The maximum Gasteiger partial charge on any atom is 0.387 e. The highest BCUT2D eigenvalue weighted by Gasteiger charge is 2.57. The zero-order valence-corrected chi connectivity index (χ0v) is 21.6. The lowest BCUT2D eigenvalue weighted by atomic mass is 9.73. The zero-order valence-electron chi connectivity index (χ0n) is 21.6. The van der Waals surface area contributed by atoms with Gasteiger partial charge in [0.05, 0.1) is 23.5 Å². The SMILES string of the molecule is NC1(c2ncc(-c3nc4c5c(nn4cc3F)C3CC5c4c(OC(F)F)cccc4C(=O)N3C(O)(O)O)cn2)CC(F)(F)C1. The van der Waals surface area contributed by atoms with Crippen LogP contribution in [0.15, 0.2) is 36.8 Å². The van der Waals surface area contributed by atoms with Crippen LogP contribution in [0, 0.1) is 5.82 Å². The Hall–Kier alpha value is -4.32. The van der Waals surface area contributed by atoms with E-state index in [0.29, 0.717) is 4.90 Å². The molecule has 17 heteroatoms. The summed E-state index contributed by atoms with van der Waals surface area (Å²) in [4.78, 5) is 26.3. The molecule has 224 valence electrons. The van der Waals surface area contributed by atoms with Gasteiger partial charge in [0.1, 0.15) is 17.3 Å². The Labute approximate surface area is 237 Å². The molecular weight excluding hydrogens is 585 g/mol. The van der Waals surface area contributed by atoms with E-state index >= 15 is 4.39 Å². The van der Waals surface area contributed by atoms with E-state index in [2.05, 4.69) is 20.1 Å². The van der Waals surface area contributed by atoms with Gasteiger partial charge in [0, 0.05) is 53.4 Å². The number of hydrogen-bond donors (Lipinski definition) is 4. The second-order valence-corrected chi connectivity index (χ2v) is 10.8. The Morgan fingerprint density at radius 1 is 1.12 bits per heavy atom. The maximum atomic E-state index is 15.3. The maximum absolute atomic E-state index is 15.3. The van der Waals surface area contributed by atoms with Crippen molar-refractivity contribution >= 4 is 11.6 Å². The molecule has 2 bridgehead atoms. The highest BCUT2D eigenvalue weighted by molar-refractivity contribution is 5.98. The Balaban J connectivity index is 1.39. The normalized spacial score (nSPS) is 21.9. The number of nitrogens with two attached hydrogens (primary N) is 1. The van der Waals surface area contributed by atoms with E-state index in [4.69, 9.17) is 10.5 Å². The van der Waals surface area contributed by atoms with Crippen LogP contribution in [-0.2, 0) is 5.54 Å². The Morgan fingerprint density at radius 3 is 2.44 bits per heavy atom. The summed E-state index contributed by atoms with van der Waals surface area (Å²) in [6.07, 6.45) is -1.80. The van der Waals surface area contributed by atoms with E-state index < -0.39 is 60.7 Å². The molecule has 2 aliphatic carbocycles. The third-order valence-electron chi connectivity index (χ3n) is 7.99. The third-order valence-corrected chi connectivity index (χ3v) is 7.99. The average Bonchev–Trinajstić information content (AvgIpc) is 3.38. The molecule has 4 heterocycles. The second-order valence-electron chi connectivity index (χ2n) is 10.8. The van der Waals surface area contributed by atoms with Crippen molar-refractivity contribution in [3.8, 4) is 17.0 Å². The molecule has 1 aromatic carbocycles. The van der Waals surface area contributed by atoms with Crippen LogP contribution in [-0.4, -0.2) is 69.3 Å². The monoisotopic (exact) mass is 605 g/mol. The summed E-state index contributed by atoms with van der Waals surface area (Å²) in [6.45, 7) is -3.27. The number of nitrogens with zero attached hydrogens (tertiary/aromatic N) is 6. The summed E-state index contributed by atoms with van der Waals surface area (Å²) >= 11 is 0. The summed E-state index contributed by atoms with van der Waals surface area (Å²) in [6, 6.07) is 2.41. The number of carbonyl (C=O) groups excluding carboxylic acids is 1. The zero-order chi connectivity index (χ0) is 30.6. The molecule has 3 aromatic heterocycles. The lowest BCUT2D eigenvalue weighted by Crippen LogP contribution is -2.56. The van der Waals surface area contributed by atoms with Gasteiger partial charge in [0.15, 0.2) is 11.5 Å². The number of fused-ring (bicyclic) bond motifs is 9. The van der Waals surface area contributed by atoms with Crippen LogP contribution < -0.4 is 10.5 Å². The first-order valence-corrected chi connectivity index (χ1v) is 12.8. The van der Waals surface area contributed by atoms with Crippen molar-refractivity contribution in [1.29, 1.82) is 0 Å². The molecule has 2 atom stereocenters. The summed E-state index contributed by atoms with van der Waals surface area (Å²) < 4.78 is 74.7. The van der Waals surface area contributed by atoms with Gasteiger partial charge in [-0.3, -0.25) is 9.69 Å². The quantitative estimate of drug-likeness (QED) is 0.195. The molecule has 1 amide bonds. The molecule has 1 saturated carbocycles. The summed E-state index contributed by atoms with van der Waals surface area (Å²) in [7, 11) is 0. The van der Waals surface area contributed by atoms with Crippen LogP contribution >= 0.6 is 0 Å². The number of ether oxygens (including phenoxy) is 1. The van der Waals surface area contributed by atoms with Crippen molar-refractivity contribution in [2.24, 2.45) is 5.73 Å². The number of carbonyl (C=O) groups is 1. The first-order valence-electron chi connectivity index (χ1n) is 12.8. The summed E-state index contributed by atoms with van der Waals surface area (Å²) in [5, 5.41) is 34.8. The number of amides is 1. The molecule has 3 aliphatic rings. The Kier molecular flexibility index (Phi) is 5.66. The average molecular weight is 605 g/mol. The van der Waals surface area contributed by atoms with Gasteiger partial charge in [-0.15, -0.1) is 0 Å². The number of hydrogen-bond acceptors (Lipinski definition) is 10. The van der Waals surface area contributed by atoms with E-state index in [1.54, 1.807) is 0 Å². The highest BCUT2D eigenvalue weighted by atomic mass is 19.3. The number of rotatable bonds is 5. The minimum Gasteiger partial charge on any atom is -0.434 e. The molecular formula is C26H20F5N7O5. The first kappa shape index (κ1) is 27.5. The van der Waals surface area contributed by atoms with Gasteiger partial charge < -0.3 is 25.8 Å². The van der Waals surface area contributed by atoms with E-state index in [1.165, 1.54) is 30.6 Å². The number of aliphatic hydroxyl groups is 3. The molecule has 43 heavy (non-hydrogen) atoms. The van der Waals surface area contributed by atoms with Gasteiger partial charge in [-0.25, -0.2) is 32.6 Å². The fourth-order valence-corrected chi connectivity index (χ4v) is 6.35.